The van der Waals surface area contributed by atoms with Crippen LogP contribution in [0.25, 0.3) is 11.6 Å². The molecule has 0 fully saturated rings. The van der Waals surface area contributed by atoms with E-state index in [2.05, 4.69) is 68.5 Å². The maximum absolute atomic E-state index is 14.2. The third-order valence-electron chi connectivity index (χ3n) is 4.57. The van der Waals surface area contributed by atoms with Gasteiger partial charge in [-0.2, -0.15) is 0 Å². The molecule has 1 atom stereocenters. The van der Waals surface area contributed by atoms with Gasteiger partial charge in [-0.3, -0.25) is 0 Å². The molecular formula is C24H25F. The normalized spacial score (nSPS) is 22.1. The van der Waals surface area contributed by atoms with Gasteiger partial charge in [-0.25, -0.2) is 4.39 Å². The fourth-order valence-corrected chi connectivity index (χ4v) is 3.33. The Labute approximate surface area is 150 Å². The zero-order valence-electron chi connectivity index (χ0n) is 15.0. The zero-order chi connectivity index (χ0) is 17.6. The van der Waals surface area contributed by atoms with E-state index >= 15 is 0 Å². The van der Waals surface area contributed by atoms with Crippen molar-refractivity contribution in [2.45, 2.75) is 39.3 Å². The van der Waals surface area contributed by atoms with Crippen LogP contribution in [-0.4, -0.2) is 6.17 Å². The lowest BCUT2D eigenvalue weighted by Crippen LogP contribution is -1.99. The van der Waals surface area contributed by atoms with E-state index < -0.39 is 6.17 Å². The Bertz CT molecular complexity index is 823. The van der Waals surface area contributed by atoms with Crippen molar-refractivity contribution in [2.75, 3.05) is 0 Å². The summed E-state index contributed by atoms with van der Waals surface area (Å²) in [5.74, 6) is 0. The van der Waals surface area contributed by atoms with Crippen molar-refractivity contribution in [1.82, 2.24) is 0 Å². The first-order valence-electron chi connectivity index (χ1n) is 9.07. The van der Waals surface area contributed by atoms with Crippen molar-refractivity contribution in [2.24, 2.45) is 0 Å². The van der Waals surface area contributed by atoms with Crippen LogP contribution in [0, 0.1) is 6.92 Å². The molecule has 128 valence electrons. The van der Waals surface area contributed by atoms with Gasteiger partial charge >= 0.3 is 0 Å². The Morgan fingerprint density at radius 2 is 1.96 bits per heavy atom. The highest BCUT2D eigenvalue weighted by Gasteiger charge is 2.15. The minimum Gasteiger partial charge on any atom is -0.243 e. The molecule has 0 radical (unpaired) electrons. The molecule has 25 heavy (non-hydrogen) atoms. The quantitative estimate of drug-likeness (QED) is 0.573. The third-order valence-corrected chi connectivity index (χ3v) is 4.57. The lowest BCUT2D eigenvalue weighted by molar-refractivity contribution is 0.378. The highest BCUT2D eigenvalue weighted by atomic mass is 19.1. The molecule has 0 saturated carbocycles. The molecule has 0 heterocycles. The summed E-state index contributed by atoms with van der Waals surface area (Å²) in [6.45, 7) is 4.23. The van der Waals surface area contributed by atoms with Crippen molar-refractivity contribution in [3.63, 3.8) is 0 Å². The summed E-state index contributed by atoms with van der Waals surface area (Å²) in [6, 6.07) is 16.9. The third kappa shape index (κ3) is 4.36. The van der Waals surface area contributed by atoms with Crippen molar-refractivity contribution >= 4 is 11.6 Å². The Kier molecular flexibility index (Phi) is 5.65. The number of rotatable bonds is 2. The molecule has 1 unspecified atom stereocenters. The molecule has 0 nitrogen and oxygen atoms in total. The molecule has 0 aliphatic heterocycles. The molecular weight excluding hydrogens is 307 g/mol. The van der Waals surface area contributed by atoms with E-state index in [1.165, 1.54) is 27.8 Å². The van der Waals surface area contributed by atoms with Crippen LogP contribution in [0.4, 0.5) is 4.39 Å². The first-order chi connectivity index (χ1) is 12.2. The van der Waals surface area contributed by atoms with Crippen LogP contribution in [0.5, 0.6) is 0 Å². The van der Waals surface area contributed by atoms with Crippen molar-refractivity contribution in [3.05, 3.63) is 94.6 Å². The molecule has 0 N–H and O–H groups in total. The van der Waals surface area contributed by atoms with Crippen LogP contribution in [-0.2, 0) is 6.42 Å². The summed E-state index contributed by atoms with van der Waals surface area (Å²) in [4.78, 5) is 0. The van der Waals surface area contributed by atoms with Crippen molar-refractivity contribution in [1.29, 1.82) is 0 Å². The van der Waals surface area contributed by atoms with Crippen LogP contribution < -0.4 is 0 Å². The zero-order valence-corrected chi connectivity index (χ0v) is 15.0. The Morgan fingerprint density at radius 3 is 2.76 bits per heavy atom. The lowest BCUT2D eigenvalue weighted by atomic mass is 9.90. The van der Waals surface area contributed by atoms with Gasteiger partial charge in [0.2, 0.25) is 0 Å². The molecule has 1 aliphatic carbocycles. The van der Waals surface area contributed by atoms with E-state index in [-0.39, 0.29) is 0 Å². The van der Waals surface area contributed by atoms with Gasteiger partial charge in [-0.15, -0.1) is 0 Å². The van der Waals surface area contributed by atoms with Crippen LogP contribution in [0.15, 0.2) is 72.3 Å². The number of halogens is 1. The second-order valence-electron chi connectivity index (χ2n) is 6.61. The topological polar surface area (TPSA) is 0 Å². The van der Waals surface area contributed by atoms with Gasteiger partial charge in [0.1, 0.15) is 6.17 Å². The maximum atomic E-state index is 14.2. The predicted molar refractivity (Wildman–Crippen MR) is 106 cm³/mol. The fourth-order valence-electron chi connectivity index (χ4n) is 3.33. The van der Waals surface area contributed by atoms with E-state index in [1.807, 2.05) is 12.1 Å². The fraction of sp³-hybridized carbons (Fsp3) is 0.250. The van der Waals surface area contributed by atoms with Gasteiger partial charge in [0, 0.05) is 0 Å². The highest BCUT2D eigenvalue weighted by Crippen LogP contribution is 2.32. The van der Waals surface area contributed by atoms with E-state index in [0.717, 1.165) is 18.4 Å². The summed E-state index contributed by atoms with van der Waals surface area (Å²) in [5, 5.41) is 0. The van der Waals surface area contributed by atoms with E-state index in [4.69, 9.17) is 0 Å². The molecule has 0 saturated heterocycles. The van der Waals surface area contributed by atoms with Crippen LogP contribution in [0.2, 0.25) is 0 Å². The monoisotopic (exact) mass is 332 g/mol. The first-order valence-corrected chi connectivity index (χ1v) is 9.07. The lowest BCUT2D eigenvalue weighted by Gasteiger charge is -2.14. The van der Waals surface area contributed by atoms with Gasteiger partial charge in [-0.1, -0.05) is 79.2 Å². The minimum atomic E-state index is -0.897. The number of alkyl halides is 1. The first kappa shape index (κ1) is 17.4. The molecule has 0 bridgehead atoms. The average Bonchev–Trinajstić information content (AvgIpc) is 2.67. The summed E-state index contributed by atoms with van der Waals surface area (Å²) >= 11 is 0. The van der Waals surface area contributed by atoms with Gasteiger partial charge in [0.25, 0.3) is 0 Å². The minimum absolute atomic E-state index is 0.532. The number of hydrogen-bond donors (Lipinski definition) is 0. The summed E-state index contributed by atoms with van der Waals surface area (Å²) < 4.78 is 14.2. The Hall–Kier alpha value is -2.41. The smallest absolute Gasteiger partial charge is 0.119 e. The molecule has 2 aromatic rings. The highest BCUT2D eigenvalue weighted by molar-refractivity contribution is 5.94. The maximum Gasteiger partial charge on any atom is 0.119 e. The molecule has 2 aromatic carbocycles. The molecule has 3 rings (SSSR count). The predicted octanol–water partition coefficient (Wildman–Crippen LogP) is 6.71. The van der Waals surface area contributed by atoms with Crippen LogP contribution in [0.1, 0.15) is 42.0 Å². The molecule has 0 spiro atoms. The van der Waals surface area contributed by atoms with Crippen molar-refractivity contribution < 1.29 is 4.39 Å². The van der Waals surface area contributed by atoms with E-state index in [0.29, 0.717) is 6.42 Å². The Morgan fingerprint density at radius 1 is 1.12 bits per heavy atom. The number of fused-ring (bicyclic) bond motifs is 1. The van der Waals surface area contributed by atoms with E-state index in [1.54, 1.807) is 6.08 Å². The average molecular weight is 332 g/mol. The number of aryl methyl sites for hydroxylation is 2. The SMILES string of the molecule is CC/C=C1\C=C/C(F)CCc2ccccc2\C1=C/c1cccc(C)c1. The largest absolute Gasteiger partial charge is 0.243 e. The van der Waals surface area contributed by atoms with Gasteiger partial charge in [-0.05, 0) is 60.1 Å². The summed E-state index contributed by atoms with van der Waals surface area (Å²) in [5.41, 5.74) is 7.12. The van der Waals surface area contributed by atoms with Crippen LogP contribution in [0.3, 0.4) is 0 Å². The standard InChI is InChI=1S/C24H25F/c1-3-7-20-12-14-22(25)15-13-21-10-4-5-11-23(21)24(20)17-19-9-6-8-18(2)16-19/h4-12,14,16-17,22H,3,13,15H2,1-2H3/b14-12-,20-7+,24-17-. The molecule has 0 amide bonds. The van der Waals surface area contributed by atoms with Gasteiger partial charge < -0.3 is 0 Å². The molecule has 1 heteroatoms. The second kappa shape index (κ2) is 8.11. The summed E-state index contributed by atoms with van der Waals surface area (Å²) in [6.07, 6.45) is 9.39. The molecule has 0 aromatic heterocycles. The molecule has 1 aliphatic rings. The van der Waals surface area contributed by atoms with E-state index in [9.17, 15) is 4.39 Å². The second-order valence-corrected chi connectivity index (χ2v) is 6.61. The summed E-state index contributed by atoms with van der Waals surface area (Å²) in [7, 11) is 0. The van der Waals surface area contributed by atoms with Crippen LogP contribution >= 0.6 is 0 Å². The van der Waals surface area contributed by atoms with Gasteiger partial charge in [0.15, 0.2) is 0 Å². The van der Waals surface area contributed by atoms with Gasteiger partial charge in [0.05, 0.1) is 0 Å². The number of hydrogen-bond acceptors (Lipinski definition) is 0. The Balaban J connectivity index is 2.21. The number of allylic oxidation sites excluding steroid dienone is 5. The van der Waals surface area contributed by atoms with Crippen molar-refractivity contribution in [3.8, 4) is 0 Å². The number of benzene rings is 2.